The smallest absolute Gasteiger partial charge is 0.167 e. The van der Waals surface area contributed by atoms with Gasteiger partial charge < -0.3 is 19.4 Å². The third-order valence-corrected chi connectivity index (χ3v) is 3.82. The number of aromatic nitrogens is 1. The lowest BCUT2D eigenvalue weighted by Crippen LogP contribution is -2.22. The molecular weight excluding hydrogens is 318 g/mol. The first-order valence-electron chi connectivity index (χ1n) is 7.64. The molecular formula is C20H16NO4-. The highest BCUT2D eigenvalue weighted by atomic mass is 16.5. The fraction of sp³-hybridized carbons (Fsp3) is 0.100. The third kappa shape index (κ3) is 3.30. The van der Waals surface area contributed by atoms with Gasteiger partial charge in [0, 0.05) is 16.5 Å². The fourth-order valence-electron chi connectivity index (χ4n) is 2.67. The van der Waals surface area contributed by atoms with Crippen molar-refractivity contribution in [3.63, 3.8) is 0 Å². The van der Waals surface area contributed by atoms with Gasteiger partial charge in [-0.2, -0.15) is 0 Å². The largest absolute Gasteiger partial charge is 0.545 e. The van der Waals surface area contributed by atoms with Crippen molar-refractivity contribution in [1.82, 2.24) is 4.98 Å². The van der Waals surface area contributed by atoms with Crippen molar-refractivity contribution in [2.45, 2.75) is 0 Å². The van der Waals surface area contributed by atoms with Crippen molar-refractivity contribution < 1.29 is 19.4 Å². The molecule has 5 heteroatoms. The second kappa shape index (κ2) is 7.05. The summed E-state index contributed by atoms with van der Waals surface area (Å²) >= 11 is 0. The van der Waals surface area contributed by atoms with Gasteiger partial charge in [0.05, 0.1) is 31.4 Å². The molecule has 0 N–H and O–H groups in total. The molecule has 0 aliphatic carbocycles. The van der Waals surface area contributed by atoms with E-state index in [2.05, 4.69) is 4.98 Å². The molecule has 0 radical (unpaired) electrons. The van der Waals surface area contributed by atoms with Gasteiger partial charge >= 0.3 is 0 Å². The molecule has 0 aliphatic heterocycles. The van der Waals surface area contributed by atoms with Crippen LogP contribution >= 0.6 is 0 Å². The molecule has 0 aliphatic rings. The summed E-state index contributed by atoms with van der Waals surface area (Å²) in [5, 5.41) is 12.0. The second-order valence-corrected chi connectivity index (χ2v) is 5.32. The van der Waals surface area contributed by atoms with Crippen LogP contribution in [0.3, 0.4) is 0 Å². The van der Waals surface area contributed by atoms with Crippen molar-refractivity contribution in [3.05, 3.63) is 65.4 Å². The SMILES string of the molecule is COc1cccc(/C=C/c2cc(C(=O)[O-])c3ccccc3n2)c1OC. The number of para-hydroxylation sites is 2. The second-order valence-electron chi connectivity index (χ2n) is 5.32. The third-order valence-electron chi connectivity index (χ3n) is 3.82. The molecule has 5 nitrogen and oxygen atoms in total. The highest BCUT2D eigenvalue weighted by Gasteiger charge is 2.08. The maximum Gasteiger partial charge on any atom is 0.167 e. The van der Waals surface area contributed by atoms with E-state index in [1.165, 1.54) is 6.07 Å². The predicted octanol–water partition coefficient (Wildman–Crippen LogP) is 2.79. The van der Waals surface area contributed by atoms with Crippen LogP contribution in [-0.4, -0.2) is 25.2 Å². The Labute approximate surface area is 145 Å². The number of fused-ring (bicyclic) bond motifs is 1. The van der Waals surface area contributed by atoms with E-state index >= 15 is 0 Å². The maximum absolute atomic E-state index is 11.4. The topological polar surface area (TPSA) is 71.5 Å². The minimum Gasteiger partial charge on any atom is -0.545 e. The number of carboxylic acid groups (broad SMARTS) is 1. The van der Waals surface area contributed by atoms with Crippen molar-refractivity contribution in [1.29, 1.82) is 0 Å². The van der Waals surface area contributed by atoms with Gasteiger partial charge in [-0.3, -0.25) is 0 Å². The molecule has 0 spiro atoms. The number of methoxy groups -OCH3 is 2. The van der Waals surface area contributed by atoms with Gasteiger partial charge in [-0.1, -0.05) is 30.3 Å². The zero-order chi connectivity index (χ0) is 17.8. The van der Waals surface area contributed by atoms with Gasteiger partial charge in [0.2, 0.25) is 0 Å². The number of benzene rings is 2. The number of aromatic carboxylic acids is 1. The number of carbonyl (C=O) groups excluding carboxylic acids is 1. The Morgan fingerprint density at radius 2 is 1.84 bits per heavy atom. The van der Waals surface area contributed by atoms with Crippen LogP contribution in [0.25, 0.3) is 23.1 Å². The molecule has 25 heavy (non-hydrogen) atoms. The fourth-order valence-corrected chi connectivity index (χ4v) is 2.67. The molecule has 1 heterocycles. The molecule has 1 aromatic heterocycles. The number of carbonyl (C=O) groups is 1. The van der Waals surface area contributed by atoms with Gasteiger partial charge in [-0.15, -0.1) is 0 Å². The van der Waals surface area contributed by atoms with Gasteiger partial charge in [0.15, 0.2) is 11.5 Å². The van der Waals surface area contributed by atoms with Crippen LogP contribution in [-0.2, 0) is 0 Å². The quantitative estimate of drug-likeness (QED) is 0.717. The lowest BCUT2D eigenvalue weighted by Gasteiger charge is -2.10. The summed E-state index contributed by atoms with van der Waals surface area (Å²) < 4.78 is 10.7. The minimum absolute atomic E-state index is 0.114. The Kier molecular flexibility index (Phi) is 4.66. The molecule has 0 atom stereocenters. The first-order valence-corrected chi connectivity index (χ1v) is 7.64. The monoisotopic (exact) mass is 334 g/mol. The Balaban J connectivity index is 2.07. The first-order chi connectivity index (χ1) is 12.1. The number of rotatable bonds is 5. The number of hydrogen-bond acceptors (Lipinski definition) is 5. The van der Waals surface area contributed by atoms with Crippen molar-refractivity contribution in [2.75, 3.05) is 14.2 Å². The average molecular weight is 334 g/mol. The highest BCUT2D eigenvalue weighted by Crippen LogP contribution is 2.32. The van der Waals surface area contributed by atoms with Crippen LogP contribution < -0.4 is 14.6 Å². The number of carboxylic acids is 1. The molecule has 126 valence electrons. The lowest BCUT2D eigenvalue weighted by atomic mass is 10.1. The zero-order valence-electron chi connectivity index (χ0n) is 13.9. The number of ether oxygens (including phenoxy) is 2. The normalized spacial score (nSPS) is 11.0. The summed E-state index contributed by atoms with van der Waals surface area (Å²) in [5.74, 6) is -0.0130. The Bertz CT molecular complexity index is 963. The van der Waals surface area contributed by atoms with Gasteiger partial charge in [-0.25, -0.2) is 4.98 Å². The first kappa shape index (κ1) is 16.5. The number of hydrogen-bond donors (Lipinski definition) is 0. The van der Waals surface area contributed by atoms with Gasteiger partial charge in [0.25, 0.3) is 0 Å². The van der Waals surface area contributed by atoms with Crippen molar-refractivity contribution in [3.8, 4) is 11.5 Å². The molecule has 3 rings (SSSR count). The van der Waals surface area contributed by atoms with Gasteiger partial charge in [-0.05, 0) is 30.4 Å². The van der Waals surface area contributed by atoms with Crippen molar-refractivity contribution in [2.24, 2.45) is 0 Å². The molecule has 0 saturated carbocycles. The maximum atomic E-state index is 11.4. The average Bonchev–Trinajstić information content (AvgIpc) is 2.64. The van der Waals surface area contributed by atoms with Crippen LogP contribution in [0.5, 0.6) is 11.5 Å². The van der Waals surface area contributed by atoms with Crippen LogP contribution in [0.2, 0.25) is 0 Å². The minimum atomic E-state index is -1.23. The van der Waals surface area contributed by atoms with E-state index in [1.807, 2.05) is 18.2 Å². The zero-order valence-corrected chi connectivity index (χ0v) is 13.9. The summed E-state index contributed by atoms with van der Waals surface area (Å²) in [6.45, 7) is 0. The van der Waals surface area contributed by atoms with Gasteiger partial charge in [0.1, 0.15) is 0 Å². The van der Waals surface area contributed by atoms with E-state index < -0.39 is 5.97 Å². The summed E-state index contributed by atoms with van der Waals surface area (Å²) in [5.41, 5.74) is 2.03. The molecule has 0 saturated heterocycles. The summed E-state index contributed by atoms with van der Waals surface area (Å²) in [4.78, 5) is 15.9. The van der Waals surface area contributed by atoms with E-state index in [1.54, 1.807) is 50.6 Å². The van der Waals surface area contributed by atoms with E-state index in [9.17, 15) is 9.90 Å². The molecule has 0 bridgehead atoms. The van der Waals surface area contributed by atoms with E-state index in [0.29, 0.717) is 28.1 Å². The molecule has 0 fully saturated rings. The van der Waals surface area contributed by atoms with Crippen LogP contribution in [0, 0.1) is 0 Å². The standard InChI is InChI=1S/C20H17NO4/c1-24-18-9-5-6-13(19(18)25-2)10-11-14-12-16(20(22)23)15-7-3-4-8-17(15)21-14/h3-12H,1-2H3,(H,22,23)/p-1/b11-10+. The van der Waals surface area contributed by atoms with Crippen molar-refractivity contribution >= 4 is 29.0 Å². The number of nitrogens with zero attached hydrogens (tertiary/aromatic N) is 1. The molecule has 3 aromatic rings. The Morgan fingerprint density at radius 3 is 2.56 bits per heavy atom. The van der Waals surface area contributed by atoms with Crippen LogP contribution in [0.15, 0.2) is 48.5 Å². The van der Waals surface area contributed by atoms with Crippen LogP contribution in [0.4, 0.5) is 0 Å². The van der Waals surface area contributed by atoms with E-state index in [-0.39, 0.29) is 5.56 Å². The molecule has 0 unspecified atom stereocenters. The lowest BCUT2D eigenvalue weighted by molar-refractivity contribution is -0.254. The predicted molar refractivity (Wildman–Crippen MR) is 94.5 cm³/mol. The number of pyridine rings is 1. The summed E-state index contributed by atoms with van der Waals surface area (Å²) in [6.07, 6.45) is 3.54. The Morgan fingerprint density at radius 1 is 1.04 bits per heavy atom. The highest BCUT2D eigenvalue weighted by molar-refractivity contribution is 6.02. The summed E-state index contributed by atoms with van der Waals surface area (Å²) in [6, 6.07) is 14.1. The van der Waals surface area contributed by atoms with E-state index in [4.69, 9.17) is 9.47 Å². The molecule has 2 aromatic carbocycles. The van der Waals surface area contributed by atoms with E-state index in [0.717, 1.165) is 5.56 Å². The van der Waals surface area contributed by atoms with Crippen LogP contribution in [0.1, 0.15) is 21.6 Å². The molecule has 0 amide bonds. The Hall–Kier alpha value is -3.34. The summed E-state index contributed by atoms with van der Waals surface area (Å²) in [7, 11) is 3.14.